The largest absolute Gasteiger partial charge is 0.371 e. The predicted octanol–water partition coefficient (Wildman–Crippen LogP) is 4.92. The van der Waals surface area contributed by atoms with Crippen molar-refractivity contribution < 1.29 is 0 Å². The van der Waals surface area contributed by atoms with Crippen molar-refractivity contribution in [3.05, 3.63) is 66.2 Å². The molecule has 0 amide bonds. The fourth-order valence-electron chi connectivity index (χ4n) is 3.72. The number of rotatable bonds is 5. The summed E-state index contributed by atoms with van der Waals surface area (Å²) in [7, 11) is 2.26. The molecule has 21 heavy (non-hydrogen) atoms. The number of hydrogen-bond donors (Lipinski definition) is 0. The van der Waals surface area contributed by atoms with Crippen molar-refractivity contribution in [3.63, 3.8) is 0 Å². The SMILES string of the molecule is CN(c1ccccc1)C1CCCC1CCc1ccccc1. The first-order valence-corrected chi connectivity index (χ1v) is 8.16. The molecule has 0 aromatic heterocycles. The molecule has 1 heteroatoms. The number of nitrogens with zero attached hydrogens (tertiary/aromatic N) is 1. The topological polar surface area (TPSA) is 3.24 Å². The van der Waals surface area contributed by atoms with Crippen molar-refractivity contribution in [2.75, 3.05) is 11.9 Å². The van der Waals surface area contributed by atoms with Crippen LogP contribution in [0.15, 0.2) is 60.7 Å². The van der Waals surface area contributed by atoms with Gasteiger partial charge in [-0.1, -0.05) is 55.0 Å². The fourth-order valence-corrected chi connectivity index (χ4v) is 3.72. The van der Waals surface area contributed by atoms with E-state index in [4.69, 9.17) is 0 Å². The molecule has 2 atom stereocenters. The van der Waals surface area contributed by atoms with E-state index in [2.05, 4.69) is 72.6 Å². The van der Waals surface area contributed by atoms with Gasteiger partial charge in [0.2, 0.25) is 0 Å². The van der Waals surface area contributed by atoms with Crippen LogP contribution in [0.4, 0.5) is 5.69 Å². The molecule has 0 aliphatic heterocycles. The summed E-state index contributed by atoms with van der Waals surface area (Å²) in [5.74, 6) is 0.829. The minimum absolute atomic E-state index is 0.705. The summed E-state index contributed by atoms with van der Waals surface area (Å²) in [5.41, 5.74) is 2.83. The molecule has 3 rings (SSSR count). The van der Waals surface area contributed by atoms with Crippen molar-refractivity contribution in [1.82, 2.24) is 0 Å². The van der Waals surface area contributed by atoms with Gasteiger partial charge in [0.1, 0.15) is 0 Å². The zero-order valence-electron chi connectivity index (χ0n) is 12.9. The molecule has 1 saturated carbocycles. The second kappa shape index (κ2) is 6.80. The Balaban J connectivity index is 1.63. The maximum atomic E-state index is 2.50. The third-order valence-electron chi connectivity index (χ3n) is 4.93. The molecule has 1 nitrogen and oxygen atoms in total. The molecule has 0 N–H and O–H groups in total. The lowest BCUT2D eigenvalue weighted by Gasteiger charge is -2.31. The van der Waals surface area contributed by atoms with E-state index in [0.29, 0.717) is 6.04 Å². The zero-order chi connectivity index (χ0) is 14.5. The van der Waals surface area contributed by atoms with Crippen LogP contribution in [0.1, 0.15) is 31.2 Å². The van der Waals surface area contributed by atoms with E-state index in [1.165, 1.54) is 43.4 Å². The van der Waals surface area contributed by atoms with Crippen LogP contribution in [0.2, 0.25) is 0 Å². The van der Waals surface area contributed by atoms with E-state index < -0.39 is 0 Å². The minimum atomic E-state index is 0.705. The Kier molecular flexibility index (Phi) is 4.59. The van der Waals surface area contributed by atoms with Gasteiger partial charge in [0.25, 0.3) is 0 Å². The maximum absolute atomic E-state index is 2.50. The Morgan fingerprint density at radius 2 is 1.57 bits per heavy atom. The Morgan fingerprint density at radius 1 is 0.905 bits per heavy atom. The first kappa shape index (κ1) is 14.2. The van der Waals surface area contributed by atoms with E-state index in [1.807, 2.05) is 0 Å². The zero-order valence-corrected chi connectivity index (χ0v) is 12.9. The normalized spacial score (nSPS) is 21.4. The summed E-state index contributed by atoms with van der Waals surface area (Å²) >= 11 is 0. The maximum Gasteiger partial charge on any atom is 0.0366 e. The summed E-state index contributed by atoms with van der Waals surface area (Å²) in [6.07, 6.45) is 6.62. The second-order valence-corrected chi connectivity index (χ2v) is 6.23. The summed E-state index contributed by atoms with van der Waals surface area (Å²) in [4.78, 5) is 2.50. The number of benzene rings is 2. The van der Waals surface area contributed by atoms with Gasteiger partial charge in [-0.05, 0) is 49.3 Å². The van der Waals surface area contributed by atoms with Gasteiger partial charge in [-0.15, -0.1) is 0 Å². The molecule has 110 valence electrons. The van der Waals surface area contributed by atoms with Gasteiger partial charge in [0.05, 0.1) is 0 Å². The van der Waals surface area contributed by atoms with E-state index in [-0.39, 0.29) is 0 Å². The first-order chi connectivity index (χ1) is 10.3. The Morgan fingerprint density at radius 3 is 2.29 bits per heavy atom. The van der Waals surface area contributed by atoms with Gasteiger partial charge < -0.3 is 4.90 Å². The van der Waals surface area contributed by atoms with Crippen LogP contribution in [0.5, 0.6) is 0 Å². The van der Waals surface area contributed by atoms with E-state index in [0.717, 1.165) is 5.92 Å². The van der Waals surface area contributed by atoms with E-state index in [9.17, 15) is 0 Å². The highest BCUT2D eigenvalue weighted by Gasteiger charge is 2.30. The highest BCUT2D eigenvalue weighted by molar-refractivity contribution is 5.46. The molecule has 2 unspecified atom stereocenters. The number of para-hydroxylation sites is 1. The molecule has 1 aliphatic carbocycles. The van der Waals surface area contributed by atoms with Crippen molar-refractivity contribution in [3.8, 4) is 0 Å². The highest BCUT2D eigenvalue weighted by Crippen LogP contribution is 2.34. The van der Waals surface area contributed by atoms with Crippen LogP contribution in [-0.2, 0) is 6.42 Å². The molecule has 0 spiro atoms. The monoisotopic (exact) mass is 279 g/mol. The highest BCUT2D eigenvalue weighted by atomic mass is 15.1. The smallest absolute Gasteiger partial charge is 0.0366 e. The second-order valence-electron chi connectivity index (χ2n) is 6.23. The average molecular weight is 279 g/mol. The molecule has 0 heterocycles. The third kappa shape index (κ3) is 3.47. The van der Waals surface area contributed by atoms with Gasteiger partial charge in [-0.25, -0.2) is 0 Å². The average Bonchev–Trinajstić information content (AvgIpc) is 3.02. The summed E-state index contributed by atoms with van der Waals surface area (Å²) < 4.78 is 0. The molecule has 1 aliphatic rings. The molecular formula is C20H25N. The summed E-state index contributed by atoms with van der Waals surface area (Å²) in [5, 5.41) is 0. The van der Waals surface area contributed by atoms with Crippen molar-refractivity contribution >= 4 is 5.69 Å². The standard InChI is InChI=1S/C20H25N/c1-21(19-12-6-3-7-13-19)20-14-8-11-18(20)16-15-17-9-4-2-5-10-17/h2-7,9-10,12-13,18,20H,8,11,14-16H2,1H3. The molecular weight excluding hydrogens is 254 g/mol. The van der Waals surface area contributed by atoms with Gasteiger partial charge in [-0.3, -0.25) is 0 Å². The minimum Gasteiger partial charge on any atom is -0.371 e. The number of aryl methyl sites for hydroxylation is 1. The van der Waals surface area contributed by atoms with E-state index >= 15 is 0 Å². The van der Waals surface area contributed by atoms with Gasteiger partial charge in [-0.2, -0.15) is 0 Å². The first-order valence-electron chi connectivity index (χ1n) is 8.16. The quantitative estimate of drug-likeness (QED) is 0.750. The van der Waals surface area contributed by atoms with E-state index in [1.54, 1.807) is 0 Å². The Hall–Kier alpha value is -1.76. The summed E-state index contributed by atoms with van der Waals surface area (Å²) in [6, 6.07) is 22.4. The summed E-state index contributed by atoms with van der Waals surface area (Å²) in [6.45, 7) is 0. The van der Waals surface area contributed by atoms with Crippen LogP contribution in [0.3, 0.4) is 0 Å². The van der Waals surface area contributed by atoms with Crippen molar-refractivity contribution in [1.29, 1.82) is 0 Å². The predicted molar refractivity (Wildman–Crippen MR) is 90.7 cm³/mol. The fraction of sp³-hybridized carbons (Fsp3) is 0.400. The van der Waals surface area contributed by atoms with Crippen molar-refractivity contribution in [2.24, 2.45) is 5.92 Å². The van der Waals surface area contributed by atoms with Crippen LogP contribution in [0.25, 0.3) is 0 Å². The third-order valence-corrected chi connectivity index (χ3v) is 4.93. The van der Waals surface area contributed by atoms with Crippen LogP contribution < -0.4 is 4.90 Å². The van der Waals surface area contributed by atoms with Crippen LogP contribution in [-0.4, -0.2) is 13.1 Å². The van der Waals surface area contributed by atoms with Gasteiger partial charge >= 0.3 is 0 Å². The van der Waals surface area contributed by atoms with Gasteiger partial charge in [0, 0.05) is 18.8 Å². The Labute approximate surface area is 128 Å². The van der Waals surface area contributed by atoms with Gasteiger partial charge in [0.15, 0.2) is 0 Å². The van der Waals surface area contributed by atoms with Crippen LogP contribution >= 0.6 is 0 Å². The lowest BCUT2D eigenvalue weighted by molar-refractivity contribution is 0.434. The molecule has 0 bridgehead atoms. The molecule has 0 saturated heterocycles. The Bertz CT molecular complexity index is 534. The van der Waals surface area contributed by atoms with Crippen LogP contribution in [0, 0.1) is 5.92 Å². The molecule has 1 fully saturated rings. The lowest BCUT2D eigenvalue weighted by Crippen LogP contribution is -2.34. The molecule has 2 aromatic carbocycles. The lowest BCUT2D eigenvalue weighted by atomic mass is 9.94. The molecule has 2 aromatic rings. The molecule has 0 radical (unpaired) electrons. The number of hydrogen-bond acceptors (Lipinski definition) is 1. The number of anilines is 1. The van der Waals surface area contributed by atoms with Crippen molar-refractivity contribution in [2.45, 2.75) is 38.1 Å².